The summed E-state index contributed by atoms with van der Waals surface area (Å²) in [4.78, 5) is 0. The number of hydrogen-bond acceptors (Lipinski definition) is 2. The van der Waals surface area contributed by atoms with E-state index >= 15 is 0 Å². The van der Waals surface area contributed by atoms with Gasteiger partial charge >= 0.3 is 0 Å². The first-order valence-corrected chi connectivity index (χ1v) is 2.53. The van der Waals surface area contributed by atoms with Crippen molar-refractivity contribution in [1.82, 2.24) is 0 Å². The average molecular weight is 126 g/mol. The quantitative estimate of drug-likeness (QED) is 0.223. The fourth-order valence-electron chi connectivity index (χ4n) is 0.422. The molecule has 0 amide bonds. The summed E-state index contributed by atoms with van der Waals surface area (Å²) in [6, 6.07) is 0. The number of rotatable bonds is 2. The largest absolute Gasteiger partial charge is 0.516 e. The minimum atomic E-state index is -0.0391. The van der Waals surface area contributed by atoms with E-state index in [0.717, 1.165) is 6.26 Å². The molecule has 0 saturated carbocycles. The van der Waals surface area contributed by atoms with Gasteiger partial charge in [0.25, 0.3) is 0 Å². The van der Waals surface area contributed by atoms with Crippen molar-refractivity contribution < 1.29 is 5.11 Å². The average Bonchev–Trinajstić information content (AvgIpc) is 1.82. The van der Waals surface area contributed by atoms with Crippen LogP contribution in [0.4, 0.5) is 0 Å². The highest BCUT2D eigenvalue weighted by Gasteiger charge is 1.90. The number of nitrogens with one attached hydrogen (secondary N) is 1. The van der Waals surface area contributed by atoms with E-state index in [0.29, 0.717) is 5.57 Å². The van der Waals surface area contributed by atoms with Gasteiger partial charge in [-0.05, 0) is 13.0 Å². The molecule has 9 heavy (non-hydrogen) atoms. The second-order valence-corrected chi connectivity index (χ2v) is 1.47. The van der Waals surface area contributed by atoms with Crippen molar-refractivity contribution >= 4 is 5.84 Å². The van der Waals surface area contributed by atoms with Crippen molar-refractivity contribution in [2.75, 3.05) is 0 Å². The van der Waals surface area contributed by atoms with E-state index in [2.05, 4.69) is 0 Å². The molecule has 0 rings (SSSR count). The van der Waals surface area contributed by atoms with Crippen molar-refractivity contribution in [3.63, 3.8) is 0 Å². The smallest absolute Gasteiger partial charge is 0.122 e. The van der Waals surface area contributed by atoms with Crippen molar-refractivity contribution in [2.45, 2.75) is 6.92 Å². The van der Waals surface area contributed by atoms with Crippen LogP contribution < -0.4 is 5.73 Å². The first-order chi connectivity index (χ1) is 4.22. The molecule has 0 fully saturated rings. The zero-order valence-corrected chi connectivity index (χ0v) is 5.26. The summed E-state index contributed by atoms with van der Waals surface area (Å²) >= 11 is 0. The third-order valence-electron chi connectivity index (χ3n) is 0.876. The molecule has 0 aliphatic carbocycles. The summed E-state index contributed by atoms with van der Waals surface area (Å²) in [6.07, 6.45) is 3.87. The molecular formula is C6H10N2O. The molecule has 0 aromatic rings. The molecule has 0 unspecified atom stereocenters. The van der Waals surface area contributed by atoms with Gasteiger partial charge in [0.05, 0.1) is 6.26 Å². The molecule has 50 valence electrons. The first kappa shape index (κ1) is 7.75. The summed E-state index contributed by atoms with van der Waals surface area (Å²) in [6.45, 7) is 1.75. The van der Waals surface area contributed by atoms with Crippen LogP contribution in [-0.4, -0.2) is 10.9 Å². The molecule has 0 spiro atoms. The van der Waals surface area contributed by atoms with E-state index in [1.54, 1.807) is 13.0 Å². The van der Waals surface area contributed by atoms with E-state index in [9.17, 15) is 0 Å². The zero-order valence-electron chi connectivity index (χ0n) is 5.26. The molecule has 0 aliphatic heterocycles. The van der Waals surface area contributed by atoms with Crippen LogP contribution in [0.3, 0.4) is 0 Å². The standard InChI is InChI=1S/C6H10N2O/c1-2-5(3-4-9)6(7)8/h2-4,9H,1H3,(H3,7,8)/b4-3-,5-2+. The molecule has 0 bridgehead atoms. The molecule has 0 aromatic carbocycles. The summed E-state index contributed by atoms with van der Waals surface area (Å²) in [5, 5.41) is 15.1. The maximum atomic E-state index is 8.24. The molecule has 0 aromatic heterocycles. The number of aliphatic hydroxyl groups is 1. The summed E-state index contributed by atoms with van der Waals surface area (Å²) in [7, 11) is 0. The van der Waals surface area contributed by atoms with Crippen LogP contribution in [0.1, 0.15) is 6.92 Å². The van der Waals surface area contributed by atoms with Gasteiger partial charge in [-0.1, -0.05) is 6.08 Å². The van der Waals surface area contributed by atoms with E-state index in [-0.39, 0.29) is 5.84 Å². The lowest BCUT2D eigenvalue weighted by atomic mass is 10.2. The fraction of sp³-hybridized carbons (Fsp3) is 0.167. The van der Waals surface area contributed by atoms with Gasteiger partial charge in [-0.15, -0.1) is 0 Å². The summed E-state index contributed by atoms with van der Waals surface area (Å²) in [5.74, 6) is -0.0391. The molecular weight excluding hydrogens is 116 g/mol. The van der Waals surface area contributed by atoms with Gasteiger partial charge in [-0.25, -0.2) is 0 Å². The molecule has 3 heteroatoms. The SMILES string of the molecule is C/C=C(\C=C/O)C(=N)N. The van der Waals surface area contributed by atoms with Crippen LogP contribution in [0, 0.1) is 5.41 Å². The maximum Gasteiger partial charge on any atom is 0.122 e. The highest BCUT2D eigenvalue weighted by molar-refractivity contribution is 5.96. The van der Waals surface area contributed by atoms with Crippen LogP contribution in [0.25, 0.3) is 0 Å². The normalized spacial score (nSPS) is 12.3. The third kappa shape index (κ3) is 2.54. The summed E-state index contributed by atoms with van der Waals surface area (Å²) < 4.78 is 0. The zero-order chi connectivity index (χ0) is 7.28. The summed E-state index contributed by atoms with van der Waals surface area (Å²) in [5.41, 5.74) is 5.61. The van der Waals surface area contributed by atoms with Gasteiger partial charge in [0, 0.05) is 5.57 Å². The number of aliphatic hydroxyl groups excluding tert-OH is 1. The van der Waals surface area contributed by atoms with Crippen LogP contribution in [0.2, 0.25) is 0 Å². The monoisotopic (exact) mass is 126 g/mol. The van der Waals surface area contributed by atoms with Gasteiger partial charge in [-0.2, -0.15) is 0 Å². The molecule has 0 radical (unpaired) electrons. The highest BCUT2D eigenvalue weighted by Crippen LogP contribution is 1.93. The molecule has 0 heterocycles. The van der Waals surface area contributed by atoms with Crippen LogP contribution >= 0.6 is 0 Å². The maximum absolute atomic E-state index is 8.24. The van der Waals surface area contributed by atoms with Crippen LogP contribution in [-0.2, 0) is 0 Å². The van der Waals surface area contributed by atoms with Crippen molar-refractivity contribution in [2.24, 2.45) is 5.73 Å². The van der Waals surface area contributed by atoms with Crippen LogP contribution in [0.5, 0.6) is 0 Å². The number of nitrogens with two attached hydrogens (primary N) is 1. The Morgan fingerprint density at radius 1 is 1.67 bits per heavy atom. The number of allylic oxidation sites excluding steroid dienone is 1. The van der Waals surface area contributed by atoms with Gasteiger partial charge < -0.3 is 10.8 Å². The van der Waals surface area contributed by atoms with Crippen molar-refractivity contribution in [3.8, 4) is 0 Å². The van der Waals surface area contributed by atoms with Gasteiger partial charge in [-0.3, -0.25) is 5.41 Å². The highest BCUT2D eigenvalue weighted by atomic mass is 16.2. The lowest BCUT2D eigenvalue weighted by molar-refractivity contribution is 0.473. The van der Waals surface area contributed by atoms with E-state index in [1.807, 2.05) is 0 Å². The number of hydrogen-bond donors (Lipinski definition) is 3. The predicted octanol–water partition coefficient (Wildman–Crippen LogP) is 0.940. The van der Waals surface area contributed by atoms with Crippen LogP contribution in [0.15, 0.2) is 24.0 Å². The van der Waals surface area contributed by atoms with Crippen molar-refractivity contribution in [3.05, 3.63) is 24.0 Å². The first-order valence-electron chi connectivity index (χ1n) is 2.53. The van der Waals surface area contributed by atoms with E-state index < -0.39 is 0 Å². The molecule has 3 nitrogen and oxygen atoms in total. The Kier molecular flexibility index (Phi) is 3.20. The topological polar surface area (TPSA) is 70.1 Å². The van der Waals surface area contributed by atoms with Crippen molar-refractivity contribution in [1.29, 1.82) is 5.41 Å². The predicted molar refractivity (Wildman–Crippen MR) is 37.4 cm³/mol. The third-order valence-corrected chi connectivity index (χ3v) is 0.876. The Hall–Kier alpha value is -1.25. The van der Waals surface area contributed by atoms with Gasteiger partial charge in [0.15, 0.2) is 0 Å². The van der Waals surface area contributed by atoms with Gasteiger partial charge in [0.1, 0.15) is 5.84 Å². The van der Waals surface area contributed by atoms with E-state index in [1.165, 1.54) is 6.08 Å². The Morgan fingerprint density at radius 2 is 2.22 bits per heavy atom. The Morgan fingerprint density at radius 3 is 2.33 bits per heavy atom. The minimum absolute atomic E-state index is 0.0391. The number of amidine groups is 1. The van der Waals surface area contributed by atoms with E-state index in [4.69, 9.17) is 16.2 Å². The Balaban J connectivity index is 4.19. The molecule has 4 N–H and O–H groups in total. The molecule has 0 saturated heterocycles. The fourth-order valence-corrected chi connectivity index (χ4v) is 0.422. The lowest BCUT2D eigenvalue weighted by Crippen LogP contribution is -2.10. The second kappa shape index (κ2) is 3.72. The minimum Gasteiger partial charge on any atom is -0.516 e. The Labute approximate surface area is 54.0 Å². The van der Waals surface area contributed by atoms with Gasteiger partial charge in [0.2, 0.25) is 0 Å². The second-order valence-electron chi connectivity index (χ2n) is 1.47. The molecule has 0 aliphatic rings. The molecule has 0 atom stereocenters. The Bertz CT molecular complexity index is 158. The lowest BCUT2D eigenvalue weighted by Gasteiger charge is -1.93.